The Kier molecular flexibility index (Phi) is 6.35. The fraction of sp³-hybridized carbons (Fsp3) is 1.00. The van der Waals surface area contributed by atoms with Gasteiger partial charge >= 0.3 is 0 Å². The van der Waals surface area contributed by atoms with Crippen molar-refractivity contribution in [3.05, 3.63) is 0 Å². The zero-order valence-corrected chi connectivity index (χ0v) is 14.2. The molecule has 20 heavy (non-hydrogen) atoms. The molecule has 2 nitrogen and oxygen atoms in total. The average molecular weight is 280 g/mol. The second-order valence-electron chi connectivity index (χ2n) is 7.66. The van der Waals surface area contributed by atoms with Crippen molar-refractivity contribution in [1.29, 1.82) is 0 Å². The lowest BCUT2D eigenvalue weighted by atomic mass is 9.76. The van der Waals surface area contributed by atoms with E-state index in [2.05, 4.69) is 37.9 Å². The molecule has 4 unspecified atom stereocenters. The van der Waals surface area contributed by atoms with Crippen molar-refractivity contribution in [3.63, 3.8) is 0 Å². The SMILES string of the molecule is CCC1CCN(C2CCCCC2C(C)C)CC(C)CN1. The van der Waals surface area contributed by atoms with Crippen LogP contribution in [0.3, 0.4) is 0 Å². The highest BCUT2D eigenvalue weighted by Crippen LogP contribution is 2.34. The van der Waals surface area contributed by atoms with Crippen molar-refractivity contribution < 1.29 is 0 Å². The Balaban J connectivity index is 2.03. The molecule has 2 heteroatoms. The highest BCUT2D eigenvalue weighted by atomic mass is 15.2. The molecule has 0 radical (unpaired) electrons. The molecule has 1 heterocycles. The Morgan fingerprint density at radius 2 is 1.90 bits per heavy atom. The number of nitrogens with one attached hydrogen (secondary N) is 1. The summed E-state index contributed by atoms with van der Waals surface area (Å²) in [5.41, 5.74) is 0. The van der Waals surface area contributed by atoms with E-state index < -0.39 is 0 Å². The van der Waals surface area contributed by atoms with Crippen molar-refractivity contribution in [2.75, 3.05) is 19.6 Å². The number of hydrogen-bond acceptors (Lipinski definition) is 2. The van der Waals surface area contributed by atoms with Gasteiger partial charge in [0.25, 0.3) is 0 Å². The van der Waals surface area contributed by atoms with Gasteiger partial charge in [0.15, 0.2) is 0 Å². The molecule has 1 saturated heterocycles. The minimum atomic E-state index is 0.737. The number of nitrogens with zero attached hydrogens (tertiary/aromatic N) is 1. The van der Waals surface area contributed by atoms with E-state index in [1.807, 2.05) is 0 Å². The molecular formula is C18H36N2. The first-order valence-electron chi connectivity index (χ1n) is 9.09. The molecule has 0 aromatic heterocycles. The molecule has 118 valence electrons. The summed E-state index contributed by atoms with van der Waals surface area (Å²) in [7, 11) is 0. The van der Waals surface area contributed by atoms with Crippen LogP contribution in [0.2, 0.25) is 0 Å². The summed E-state index contributed by atoms with van der Waals surface area (Å²) in [6.45, 7) is 13.4. The Morgan fingerprint density at radius 1 is 1.15 bits per heavy atom. The second-order valence-corrected chi connectivity index (χ2v) is 7.66. The molecule has 1 N–H and O–H groups in total. The molecule has 0 aromatic rings. The van der Waals surface area contributed by atoms with Gasteiger partial charge in [0.05, 0.1) is 0 Å². The normalized spacial score (nSPS) is 37.6. The molecule has 1 aliphatic carbocycles. The van der Waals surface area contributed by atoms with Crippen LogP contribution in [-0.2, 0) is 0 Å². The van der Waals surface area contributed by atoms with Crippen LogP contribution in [0, 0.1) is 17.8 Å². The largest absolute Gasteiger partial charge is 0.314 e. The molecular weight excluding hydrogens is 244 g/mol. The quantitative estimate of drug-likeness (QED) is 0.843. The van der Waals surface area contributed by atoms with Gasteiger partial charge in [-0.3, -0.25) is 4.90 Å². The monoisotopic (exact) mass is 280 g/mol. The standard InChI is InChI=1S/C18H36N2/c1-5-16-10-11-20(13-15(4)12-19-16)18-9-7-6-8-17(18)14(2)3/h14-19H,5-13H2,1-4H3. The average Bonchev–Trinajstić information content (AvgIpc) is 2.43. The van der Waals surface area contributed by atoms with E-state index in [0.29, 0.717) is 0 Å². The van der Waals surface area contributed by atoms with Crippen LogP contribution in [0.5, 0.6) is 0 Å². The minimum Gasteiger partial charge on any atom is -0.314 e. The molecule has 2 aliphatic rings. The van der Waals surface area contributed by atoms with E-state index in [0.717, 1.165) is 29.8 Å². The van der Waals surface area contributed by atoms with Crippen LogP contribution in [0.4, 0.5) is 0 Å². The summed E-state index contributed by atoms with van der Waals surface area (Å²) in [4.78, 5) is 2.87. The van der Waals surface area contributed by atoms with Gasteiger partial charge in [0.1, 0.15) is 0 Å². The smallest absolute Gasteiger partial charge is 0.0126 e. The van der Waals surface area contributed by atoms with Crippen LogP contribution in [0.15, 0.2) is 0 Å². The summed E-state index contributed by atoms with van der Waals surface area (Å²) in [5, 5.41) is 3.75. The first-order valence-corrected chi connectivity index (χ1v) is 9.09. The molecule has 1 aliphatic heterocycles. The fourth-order valence-electron chi connectivity index (χ4n) is 4.37. The zero-order chi connectivity index (χ0) is 14.5. The molecule has 0 aromatic carbocycles. The first kappa shape index (κ1) is 16.3. The molecule has 0 bridgehead atoms. The third-order valence-electron chi connectivity index (χ3n) is 5.67. The lowest BCUT2D eigenvalue weighted by Crippen LogP contribution is -2.50. The van der Waals surface area contributed by atoms with Crippen LogP contribution < -0.4 is 5.32 Å². The van der Waals surface area contributed by atoms with Gasteiger partial charge in [-0.05, 0) is 56.5 Å². The van der Waals surface area contributed by atoms with E-state index in [9.17, 15) is 0 Å². The van der Waals surface area contributed by atoms with Crippen molar-refractivity contribution in [3.8, 4) is 0 Å². The Labute approximate surface area is 126 Å². The molecule has 4 atom stereocenters. The topological polar surface area (TPSA) is 15.3 Å². The molecule has 0 spiro atoms. The number of rotatable bonds is 3. The van der Waals surface area contributed by atoms with Gasteiger partial charge in [-0.15, -0.1) is 0 Å². The minimum absolute atomic E-state index is 0.737. The molecule has 2 fully saturated rings. The second kappa shape index (κ2) is 7.79. The summed E-state index contributed by atoms with van der Waals surface area (Å²) in [6.07, 6.45) is 8.43. The third-order valence-corrected chi connectivity index (χ3v) is 5.67. The van der Waals surface area contributed by atoms with Crippen molar-refractivity contribution in [2.45, 2.75) is 78.3 Å². The maximum Gasteiger partial charge on any atom is 0.0126 e. The van der Waals surface area contributed by atoms with Crippen LogP contribution in [-0.4, -0.2) is 36.6 Å². The van der Waals surface area contributed by atoms with E-state index in [-0.39, 0.29) is 0 Å². The van der Waals surface area contributed by atoms with Gasteiger partial charge in [0.2, 0.25) is 0 Å². The summed E-state index contributed by atoms with van der Waals surface area (Å²) in [6, 6.07) is 1.60. The maximum atomic E-state index is 3.75. The number of hydrogen-bond donors (Lipinski definition) is 1. The van der Waals surface area contributed by atoms with Crippen molar-refractivity contribution in [2.24, 2.45) is 17.8 Å². The van der Waals surface area contributed by atoms with E-state index in [1.54, 1.807) is 0 Å². The predicted octanol–water partition coefficient (Wildman–Crippen LogP) is 3.91. The van der Waals surface area contributed by atoms with E-state index in [1.165, 1.54) is 58.2 Å². The predicted molar refractivity (Wildman–Crippen MR) is 88.0 cm³/mol. The highest BCUT2D eigenvalue weighted by molar-refractivity contribution is 4.87. The summed E-state index contributed by atoms with van der Waals surface area (Å²) < 4.78 is 0. The van der Waals surface area contributed by atoms with Crippen LogP contribution in [0.25, 0.3) is 0 Å². The van der Waals surface area contributed by atoms with Gasteiger partial charge in [-0.2, -0.15) is 0 Å². The Hall–Kier alpha value is -0.0800. The first-order chi connectivity index (χ1) is 9.61. The Bertz CT molecular complexity index is 277. The van der Waals surface area contributed by atoms with Gasteiger partial charge in [0, 0.05) is 18.6 Å². The van der Waals surface area contributed by atoms with E-state index >= 15 is 0 Å². The van der Waals surface area contributed by atoms with Gasteiger partial charge < -0.3 is 5.32 Å². The fourth-order valence-corrected chi connectivity index (χ4v) is 4.37. The van der Waals surface area contributed by atoms with Crippen LogP contribution in [0.1, 0.15) is 66.2 Å². The lowest BCUT2D eigenvalue weighted by molar-refractivity contribution is 0.0571. The zero-order valence-electron chi connectivity index (χ0n) is 14.2. The summed E-state index contributed by atoms with van der Waals surface area (Å²) >= 11 is 0. The highest BCUT2D eigenvalue weighted by Gasteiger charge is 2.33. The molecule has 0 amide bonds. The molecule has 1 saturated carbocycles. The maximum absolute atomic E-state index is 3.75. The van der Waals surface area contributed by atoms with Crippen molar-refractivity contribution >= 4 is 0 Å². The molecule has 2 rings (SSSR count). The van der Waals surface area contributed by atoms with Crippen molar-refractivity contribution in [1.82, 2.24) is 10.2 Å². The third kappa shape index (κ3) is 4.21. The van der Waals surface area contributed by atoms with E-state index in [4.69, 9.17) is 0 Å². The van der Waals surface area contributed by atoms with Gasteiger partial charge in [-0.1, -0.05) is 40.5 Å². The van der Waals surface area contributed by atoms with Crippen LogP contribution >= 0.6 is 0 Å². The Morgan fingerprint density at radius 3 is 2.60 bits per heavy atom. The lowest BCUT2D eigenvalue weighted by Gasteiger charge is -2.44. The summed E-state index contributed by atoms with van der Waals surface area (Å²) in [5.74, 6) is 2.57. The van der Waals surface area contributed by atoms with Gasteiger partial charge in [-0.25, -0.2) is 0 Å².